The van der Waals surface area contributed by atoms with Gasteiger partial charge in [-0.05, 0) is 33.6 Å². The first kappa shape index (κ1) is 15.0. The highest BCUT2D eigenvalue weighted by atomic mass is 32.2. The number of carbonyl (C=O) groups is 1. The second kappa shape index (κ2) is 5.17. The maximum atomic E-state index is 12.4. The summed E-state index contributed by atoms with van der Waals surface area (Å²) in [6.07, 6.45) is 3.64. The molecule has 1 N–H and O–H groups in total. The number of esters is 1. The van der Waals surface area contributed by atoms with Crippen LogP contribution in [-0.4, -0.2) is 46.8 Å². The van der Waals surface area contributed by atoms with Gasteiger partial charge < -0.3 is 9.72 Å². The second-order valence-electron chi connectivity index (χ2n) is 5.72. The van der Waals surface area contributed by atoms with Crippen LogP contribution in [-0.2, 0) is 19.6 Å². The number of aromatic amines is 1. The summed E-state index contributed by atoms with van der Waals surface area (Å²) in [5.41, 5.74) is -0.636. The summed E-state index contributed by atoms with van der Waals surface area (Å²) >= 11 is 0. The van der Waals surface area contributed by atoms with Gasteiger partial charge in [0.1, 0.15) is 11.6 Å². The first-order valence-corrected chi connectivity index (χ1v) is 7.89. The van der Waals surface area contributed by atoms with Crippen LogP contribution in [0.25, 0.3) is 0 Å². The number of ether oxygens (including phenoxy) is 1. The van der Waals surface area contributed by atoms with E-state index in [4.69, 9.17) is 4.74 Å². The fourth-order valence-electron chi connectivity index (χ4n) is 2.14. The van der Waals surface area contributed by atoms with Gasteiger partial charge in [0, 0.05) is 6.54 Å². The third-order valence-corrected chi connectivity index (χ3v) is 4.78. The molecule has 0 radical (unpaired) electrons. The van der Waals surface area contributed by atoms with Crippen molar-refractivity contribution in [3.05, 3.63) is 12.5 Å². The van der Waals surface area contributed by atoms with Crippen molar-refractivity contribution < 1.29 is 17.9 Å². The molecule has 0 aliphatic carbocycles. The maximum Gasteiger partial charge on any atom is 0.324 e. The molecular weight excluding hydrogens is 282 g/mol. The van der Waals surface area contributed by atoms with Crippen molar-refractivity contribution in [2.45, 2.75) is 50.3 Å². The van der Waals surface area contributed by atoms with E-state index < -0.39 is 27.6 Å². The minimum atomic E-state index is -3.73. The predicted octanol–water partition coefficient (Wildman–Crippen LogP) is 0.904. The topological polar surface area (TPSA) is 92.4 Å². The lowest BCUT2D eigenvalue weighted by Gasteiger charge is -2.26. The molecule has 0 spiro atoms. The minimum Gasteiger partial charge on any atom is -0.459 e. The Labute approximate surface area is 118 Å². The van der Waals surface area contributed by atoms with Crippen molar-refractivity contribution in [3.63, 3.8) is 0 Å². The standard InChI is InChI=1S/C12H19N3O4S/c1-12(2,3)19-11(16)9-5-4-6-15(9)20(17,18)10-7-13-8-14-10/h7-9H,4-6H2,1-3H3,(H,13,14)/t9-/m0/s1. The van der Waals surface area contributed by atoms with Crippen LogP contribution < -0.4 is 0 Å². The van der Waals surface area contributed by atoms with E-state index in [1.54, 1.807) is 20.8 Å². The van der Waals surface area contributed by atoms with Gasteiger partial charge in [-0.1, -0.05) is 0 Å². The number of imidazole rings is 1. The zero-order valence-electron chi connectivity index (χ0n) is 11.8. The molecule has 1 aromatic rings. The molecule has 0 amide bonds. The smallest absolute Gasteiger partial charge is 0.324 e. The predicted molar refractivity (Wildman–Crippen MR) is 71.3 cm³/mol. The number of sulfonamides is 1. The van der Waals surface area contributed by atoms with E-state index >= 15 is 0 Å². The fourth-order valence-corrected chi connectivity index (χ4v) is 3.69. The molecule has 2 rings (SSSR count). The number of carbonyl (C=O) groups excluding carboxylic acids is 1. The van der Waals surface area contributed by atoms with Crippen molar-refractivity contribution in [2.24, 2.45) is 0 Å². The zero-order valence-corrected chi connectivity index (χ0v) is 12.6. The van der Waals surface area contributed by atoms with Gasteiger partial charge in [0.15, 0.2) is 5.03 Å². The molecule has 1 fully saturated rings. The molecule has 1 aliphatic rings. The fraction of sp³-hybridized carbons (Fsp3) is 0.667. The Hall–Kier alpha value is -1.41. The molecule has 2 heterocycles. The number of hydrogen-bond donors (Lipinski definition) is 1. The van der Waals surface area contributed by atoms with Gasteiger partial charge in [-0.25, -0.2) is 13.4 Å². The summed E-state index contributed by atoms with van der Waals surface area (Å²) in [7, 11) is -3.73. The Balaban J connectivity index is 2.22. The second-order valence-corrected chi connectivity index (χ2v) is 7.58. The molecule has 1 saturated heterocycles. The molecule has 7 nitrogen and oxygen atoms in total. The molecule has 8 heteroatoms. The number of nitrogens with zero attached hydrogens (tertiary/aromatic N) is 2. The zero-order chi connectivity index (χ0) is 15.0. The summed E-state index contributed by atoms with van der Waals surface area (Å²) in [5.74, 6) is -0.502. The van der Waals surface area contributed by atoms with Gasteiger partial charge in [-0.3, -0.25) is 4.79 Å². The first-order chi connectivity index (χ1) is 9.22. The van der Waals surface area contributed by atoms with E-state index in [0.29, 0.717) is 19.4 Å². The monoisotopic (exact) mass is 301 g/mol. The van der Waals surface area contributed by atoms with Crippen molar-refractivity contribution in [3.8, 4) is 0 Å². The number of nitrogens with one attached hydrogen (secondary N) is 1. The normalized spacial score (nSPS) is 21.1. The third kappa shape index (κ3) is 3.01. The Kier molecular flexibility index (Phi) is 3.88. The molecule has 0 aromatic carbocycles. The van der Waals surface area contributed by atoms with E-state index in [1.165, 1.54) is 16.8 Å². The lowest BCUT2D eigenvalue weighted by Crippen LogP contribution is -2.43. The van der Waals surface area contributed by atoms with E-state index in [9.17, 15) is 13.2 Å². The van der Waals surface area contributed by atoms with Gasteiger partial charge in [0.2, 0.25) is 0 Å². The SMILES string of the molecule is CC(C)(C)OC(=O)[C@@H]1CCCN1S(=O)(=O)c1cnc[nH]1. The highest BCUT2D eigenvalue weighted by molar-refractivity contribution is 7.89. The van der Waals surface area contributed by atoms with Crippen LogP contribution in [0, 0.1) is 0 Å². The molecule has 112 valence electrons. The molecule has 1 aromatic heterocycles. The largest absolute Gasteiger partial charge is 0.459 e. The van der Waals surface area contributed by atoms with Crippen molar-refractivity contribution in [1.29, 1.82) is 0 Å². The van der Waals surface area contributed by atoms with Crippen LogP contribution >= 0.6 is 0 Å². The van der Waals surface area contributed by atoms with Crippen molar-refractivity contribution in [1.82, 2.24) is 14.3 Å². The highest BCUT2D eigenvalue weighted by Gasteiger charge is 2.41. The summed E-state index contributed by atoms with van der Waals surface area (Å²) in [6, 6.07) is -0.762. The summed E-state index contributed by atoms with van der Waals surface area (Å²) in [5, 5.41) is -0.00652. The van der Waals surface area contributed by atoms with Crippen LogP contribution in [0.3, 0.4) is 0 Å². The Morgan fingerprint density at radius 3 is 2.75 bits per heavy atom. The Morgan fingerprint density at radius 1 is 1.50 bits per heavy atom. The van der Waals surface area contributed by atoms with Crippen molar-refractivity contribution in [2.75, 3.05) is 6.54 Å². The van der Waals surface area contributed by atoms with Crippen LogP contribution in [0.2, 0.25) is 0 Å². The van der Waals surface area contributed by atoms with Gasteiger partial charge >= 0.3 is 5.97 Å². The van der Waals surface area contributed by atoms with Crippen LogP contribution in [0.4, 0.5) is 0 Å². The van der Waals surface area contributed by atoms with Gasteiger partial charge in [-0.15, -0.1) is 0 Å². The molecule has 20 heavy (non-hydrogen) atoms. The van der Waals surface area contributed by atoms with E-state index in [2.05, 4.69) is 9.97 Å². The van der Waals surface area contributed by atoms with Crippen LogP contribution in [0.1, 0.15) is 33.6 Å². The lowest BCUT2D eigenvalue weighted by atomic mass is 10.2. The quantitative estimate of drug-likeness (QED) is 0.838. The molecule has 1 aliphatic heterocycles. The summed E-state index contributed by atoms with van der Waals surface area (Å²) < 4.78 is 31.3. The number of H-pyrrole nitrogens is 1. The highest BCUT2D eigenvalue weighted by Crippen LogP contribution is 2.26. The number of hydrogen-bond acceptors (Lipinski definition) is 5. The van der Waals surface area contributed by atoms with Gasteiger partial charge in [-0.2, -0.15) is 4.31 Å². The number of rotatable bonds is 3. The molecular formula is C12H19N3O4S. The summed E-state index contributed by atoms with van der Waals surface area (Å²) in [6.45, 7) is 5.58. The molecule has 0 bridgehead atoms. The Morgan fingerprint density at radius 2 is 2.20 bits per heavy atom. The number of aromatic nitrogens is 2. The maximum absolute atomic E-state index is 12.4. The Bertz CT molecular complexity index is 574. The average molecular weight is 301 g/mol. The minimum absolute atomic E-state index is 0.00652. The summed E-state index contributed by atoms with van der Waals surface area (Å²) in [4.78, 5) is 18.4. The van der Waals surface area contributed by atoms with E-state index in [1.807, 2.05) is 0 Å². The third-order valence-electron chi connectivity index (χ3n) is 2.94. The van der Waals surface area contributed by atoms with Gasteiger partial charge in [0.25, 0.3) is 10.0 Å². The van der Waals surface area contributed by atoms with Crippen LogP contribution in [0.15, 0.2) is 17.6 Å². The molecule has 0 unspecified atom stereocenters. The average Bonchev–Trinajstić information content (AvgIpc) is 2.99. The van der Waals surface area contributed by atoms with Gasteiger partial charge in [0.05, 0.1) is 12.5 Å². The molecule has 1 atom stereocenters. The van der Waals surface area contributed by atoms with E-state index in [-0.39, 0.29) is 5.03 Å². The first-order valence-electron chi connectivity index (χ1n) is 6.45. The van der Waals surface area contributed by atoms with Crippen molar-refractivity contribution >= 4 is 16.0 Å². The van der Waals surface area contributed by atoms with E-state index in [0.717, 1.165) is 0 Å². The molecule has 0 saturated carbocycles. The van der Waals surface area contributed by atoms with Crippen LogP contribution in [0.5, 0.6) is 0 Å². The lowest BCUT2D eigenvalue weighted by molar-refractivity contribution is -0.158.